The minimum atomic E-state index is -0.924. The molecule has 1 atom stereocenters. The average molecular weight is 270 g/mol. The Hall–Kier alpha value is -1.57. The van der Waals surface area contributed by atoms with Gasteiger partial charge in [-0.3, -0.25) is 0 Å². The van der Waals surface area contributed by atoms with E-state index in [0.29, 0.717) is 0 Å². The average Bonchev–Trinajstić information content (AvgIpc) is 2.90. The van der Waals surface area contributed by atoms with Crippen LogP contribution in [0.1, 0.15) is 48.8 Å². The summed E-state index contributed by atoms with van der Waals surface area (Å²) in [6.45, 7) is 3.66. The molecule has 1 aromatic rings. The van der Waals surface area contributed by atoms with Gasteiger partial charge in [0.05, 0.1) is 5.57 Å². The van der Waals surface area contributed by atoms with Crippen LogP contribution in [-0.4, -0.2) is 11.1 Å². The molecule has 2 heteroatoms. The monoisotopic (exact) mass is 270 g/mol. The predicted octanol–water partition coefficient (Wildman–Crippen LogP) is 4.08. The van der Waals surface area contributed by atoms with Crippen molar-refractivity contribution in [3.05, 3.63) is 41.5 Å². The standard InChI is InChI=1S/C18H22O2/c1-12(18(19)20)14-7-8-15-10-16(11-17(15)9-14)13-5-3-2-4-6-13/h7-9,13,16H,1-6,10-11H2,(H,19,20)/t16-/m0/s1. The molecule has 0 aliphatic heterocycles. The Labute approximate surface area is 120 Å². The summed E-state index contributed by atoms with van der Waals surface area (Å²) < 4.78 is 0. The van der Waals surface area contributed by atoms with Crippen LogP contribution >= 0.6 is 0 Å². The number of rotatable bonds is 3. The lowest BCUT2D eigenvalue weighted by atomic mass is 9.79. The van der Waals surface area contributed by atoms with E-state index in [0.717, 1.165) is 23.8 Å². The minimum absolute atomic E-state index is 0.203. The molecule has 3 rings (SSSR count). The van der Waals surface area contributed by atoms with Crippen molar-refractivity contribution >= 4 is 11.5 Å². The fraction of sp³-hybridized carbons (Fsp3) is 0.500. The minimum Gasteiger partial charge on any atom is -0.478 e. The number of hydrogen-bond acceptors (Lipinski definition) is 1. The molecular weight excluding hydrogens is 248 g/mol. The SMILES string of the molecule is C=C(C(=O)O)c1ccc2c(c1)C[C@@H](C1CCCCC1)C2. The smallest absolute Gasteiger partial charge is 0.335 e. The Morgan fingerprint density at radius 1 is 1.05 bits per heavy atom. The summed E-state index contributed by atoms with van der Waals surface area (Å²) in [7, 11) is 0. The van der Waals surface area contributed by atoms with Crippen LogP contribution in [0, 0.1) is 11.8 Å². The molecule has 2 nitrogen and oxygen atoms in total. The van der Waals surface area contributed by atoms with Gasteiger partial charge in [0, 0.05) is 0 Å². The lowest BCUT2D eigenvalue weighted by Crippen LogP contribution is -2.18. The van der Waals surface area contributed by atoms with E-state index in [2.05, 4.69) is 18.7 Å². The fourth-order valence-electron chi connectivity index (χ4n) is 3.90. The lowest BCUT2D eigenvalue weighted by Gasteiger charge is -2.27. The van der Waals surface area contributed by atoms with E-state index < -0.39 is 5.97 Å². The molecule has 106 valence electrons. The predicted molar refractivity (Wildman–Crippen MR) is 80.6 cm³/mol. The maximum Gasteiger partial charge on any atom is 0.335 e. The first-order chi connectivity index (χ1) is 9.65. The van der Waals surface area contributed by atoms with Crippen LogP contribution in [0.15, 0.2) is 24.8 Å². The van der Waals surface area contributed by atoms with Gasteiger partial charge < -0.3 is 5.11 Å². The molecule has 0 amide bonds. The zero-order chi connectivity index (χ0) is 14.1. The van der Waals surface area contributed by atoms with Crippen molar-refractivity contribution in [2.24, 2.45) is 11.8 Å². The number of fused-ring (bicyclic) bond motifs is 1. The number of hydrogen-bond donors (Lipinski definition) is 1. The summed E-state index contributed by atoms with van der Waals surface area (Å²) in [4.78, 5) is 11.0. The van der Waals surface area contributed by atoms with Gasteiger partial charge in [0.15, 0.2) is 0 Å². The van der Waals surface area contributed by atoms with E-state index in [1.54, 1.807) is 0 Å². The van der Waals surface area contributed by atoms with Gasteiger partial charge in [-0.1, -0.05) is 56.9 Å². The number of carboxylic acid groups (broad SMARTS) is 1. The summed E-state index contributed by atoms with van der Waals surface area (Å²) in [5, 5.41) is 9.04. The maximum atomic E-state index is 11.0. The van der Waals surface area contributed by atoms with Crippen molar-refractivity contribution in [2.75, 3.05) is 0 Å². The Balaban J connectivity index is 1.76. The molecular formula is C18H22O2. The molecule has 1 saturated carbocycles. The number of aliphatic carboxylic acids is 1. The molecule has 0 heterocycles. The second-order valence-corrected chi connectivity index (χ2v) is 6.33. The number of carboxylic acids is 1. The molecule has 1 fully saturated rings. The highest BCUT2D eigenvalue weighted by Gasteiger charge is 2.29. The Kier molecular flexibility index (Phi) is 3.64. The van der Waals surface area contributed by atoms with Crippen LogP contribution in [0.4, 0.5) is 0 Å². The molecule has 20 heavy (non-hydrogen) atoms. The summed E-state index contributed by atoms with van der Waals surface area (Å²) >= 11 is 0. The van der Waals surface area contributed by atoms with Crippen LogP contribution in [0.3, 0.4) is 0 Å². The molecule has 1 aromatic carbocycles. The highest BCUT2D eigenvalue weighted by Crippen LogP contribution is 2.39. The highest BCUT2D eigenvalue weighted by molar-refractivity contribution is 6.14. The molecule has 2 aliphatic rings. The van der Waals surface area contributed by atoms with E-state index >= 15 is 0 Å². The van der Waals surface area contributed by atoms with Crippen molar-refractivity contribution < 1.29 is 9.90 Å². The summed E-state index contributed by atoms with van der Waals surface area (Å²) in [6, 6.07) is 6.08. The first-order valence-electron chi connectivity index (χ1n) is 7.69. The Morgan fingerprint density at radius 2 is 1.75 bits per heavy atom. The first kappa shape index (κ1) is 13.4. The van der Waals surface area contributed by atoms with Crippen LogP contribution in [0.25, 0.3) is 5.57 Å². The highest BCUT2D eigenvalue weighted by atomic mass is 16.4. The molecule has 0 aromatic heterocycles. The molecule has 0 unspecified atom stereocenters. The van der Waals surface area contributed by atoms with Crippen molar-refractivity contribution in [3.63, 3.8) is 0 Å². The molecule has 1 N–H and O–H groups in total. The van der Waals surface area contributed by atoms with Crippen LogP contribution < -0.4 is 0 Å². The van der Waals surface area contributed by atoms with E-state index in [1.807, 2.05) is 6.07 Å². The van der Waals surface area contributed by atoms with Gasteiger partial charge in [-0.15, -0.1) is 0 Å². The second-order valence-electron chi connectivity index (χ2n) is 6.33. The van der Waals surface area contributed by atoms with Gasteiger partial charge in [0.2, 0.25) is 0 Å². The third-order valence-corrected chi connectivity index (χ3v) is 5.09. The largest absolute Gasteiger partial charge is 0.478 e. The van der Waals surface area contributed by atoms with Gasteiger partial charge >= 0.3 is 5.97 Å². The zero-order valence-electron chi connectivity index (χ0n) is 11.9. The normalized spacial score (nSPS) is 22.5. The van der Waals surface area contributed by atoms with Gasteiger partial charge in [0.25, 0.3) is 0 Å². The number of benzene rings is 1. The third-order valence-electron chi connectivity index (χ3n) is 5.09. The van der Waals surface area contributed by atoms with Gasteiger partial charge in [0.1, 0.15) is 0 Å². The summed E-state index contributed by atoms with van der Waals surface area (Å²) in [5.74, 6) is 0.729. The molecule has 0 bridgehead atoms. The summed E-state index contributed by atoms with van der Waals surface area (Å²) in [6.07, 6.45) is 9.25. The van der Waals surface area contributed by atoms with E-state index in [-0.39, 0.29) is 5.57 Å². The van der Waals surface area contributed by atoms with Gasteiger partial charge in [-0.05, 0) is 41.4 Å². The third kappa shape index (κ3) is 2.52. The van der Waals surface area contributed by atoms with Crippen molar-refractivity contribution in [1.82, 2.24) is 0 Å². The van der Waals surface area contributed by atoms with E-state index in [1.165, 1.54) is 49.7 Å². The van der Waals surface area contributed by atoms with Gasteiger partial charge in [-0.2, -0.15) is 0 Å². The van der Waals surface area contributed by atoms with Crippen LogP contribution in [0.2, 0.25) is 0 Å². The van der Waals surface area contributed by atoms with E-state index in [9.17, 15) is 4.79 Å². The van der Waals surface area contributed by atoms with Crippen molar-refractivity contribution in [3.8, 4) is 0 Å². The Morgan fingerprint density at radius 3 is 2.45 bits per heavy atom. The molecule has 2 aliphatic carbocycles. The zero-order valence-corrected chi connectivity index (χ0v) is 11.9. The fourth-order valence-corrected chi connectivity index (χ4v) is 3.90. The van der Waals surface area contributed by atoms with E-state index in [4.69, 9.17) is 5.11 Å². The topological polar surface area (TPSA) is 37.3 Å². The van der Waals surface area contributed by atoms with Crippen molar-refractivity contribution in [1.29, 1.82) is 0 Å². The lowest BCUT2D eigenvalue weighted by molar-refractivity contribution is -0.130. The number of carbonyl (C=O) groups is 1. The maximum absolute atomic E-state index is 11.0. The van der Waals surface area contributed by atoms with Crippen LogP contribution in [-0.2, 0) is 17.6 Å². The summed E-state index contributed by atoms with van der Waals surface area (Å²) in [5.41, 5.74) is 3.73. The first-order valence-corrected chi connectivity index (χ1v) is 7.69. The Bertz CT molecular complexity index is 538. The second kappa shape index (κ2) is 5.43. The van der Waals surface area contributed by atoms with Crippen molar-refractivity contribution in [2.45, 2.75) is 44.9 Å². The van der Waals surface area contributed by atoms with Gasteiger partial charge in [-0.25, -0.2) is 4.79 Å². The molecule has 0 radical (unpaired) electrons. The molecule has 0 saturated heterocycles. The quantitative estimate of drug-likeness (QED) is 0.840. The molecule has 0 spiro atoms. The van der Waals surface area contributed by atoms with Crippen LogP contribution in [0.5, 0.6) is 0 Å².